The molecular formula is C25H29N2O+. The predicted molar refractivity (Wildman–Crippen MR) is 115 cm³/mol. The molecule has 3 nitrogen and oxygen atoms in total. The molecule has 4 rings (SSSR count). The third-order valence-electron chi connectivity index (χ3n) is 5.04. The molecule has 0 spiro atoms. The zero-order valence-electron chi connectivity index (χ0n) is 25.5. The summed E-state index contributed by atoms with van der Waals surface area (Å²) < 4.78 is 78.6. The van der Waals surface area contributed by atoms with E-state index in [-0.39, 0.29) is 17.7 Å². The largest absolute Gasteiger partial charge is 0.437 e. The van der Waals surface area contributed by atoms with Gasteiger partial charge in [0, 0.05) is 40.4 Å². The second kappa shape index (κ2) is 6.44. The zero-order chi connectivity index (χ0) is 27.7. The van der Waals surface area contributed by atoms with Gasteiger partial charge in [-0.1, -0.05) is 32.8 Å². The van der Waals surface area contributed by atoms with E-state index in [9.17, 15) is 0 Å². The first-order chi connectivity index (χ1) is 16.8. The Morgan fingerprint density at radius 1 is 1.07 bits per heavy atom. The van der Waals surface area contributed by atoms with Crippen molar-refractivity contribution in [1.82, 2.24) is 4.98 Å². The molecular weight excluding hydrogens is 344 g/mol. The van der Waals surface area contributed by atoms with E-state index >= 15 is 0 Å². The molecule has 0 atom stereocenters. The normalized spacial score (nSPS) is 18.4. The van der Waals surface area contributed by atoms with E-state index in [1.54, 1.807) is 36.9 Å². The molecule has 0 amide bonds. The van der Waals surface area contributed by atoms with Crippen molar-refractivity contribution in [1.29, 1.82) is 0 Å². The molecule has 0 N–H and O–H groups in total. The minimum atomic E-state index is -2.72. The Morgan fingerprint density at radius 3 is 2.61 bits per heavy atom. The summed E-state index contributed by atoms with van der Waals surface area (Å²) in [5.41, 5.74) is 2.54. The summed E-state index contributed by atoms with van der Waals surface area (Å²) in [6, 6.07) is 9.11. The number of fused-ring (bicyclic) bond motifs is 3. The van der Waals surface area contributed by atoms with Gasteiger partial charge in [0.05, 0.1) is 5.56 Å². The van der Waals surface area contributed by atoms with Gasteiger partial charge >= 0.3 is 0 Å². The van der Waals surface area contributed by atoms with E-state index in [1.165, 1.54) is 6.92 Å². The maximum atomic E-state index is 7.86. The molecule has 4 aromatic rings. The summed E-state index contributed by atoms with van der Waals surface area (Å²) in [5.74, 6) is 0. The van der Waals surface area contributed by atoms with Gasteiger partial charge in [0.1, 0.15) is 7.05 Å². The Bertz CT molecular complexity index is 1500. The van der Waals surface area contributed by atoms with E-state index in [0.717, 1.165) is 22.2 Å². The second-order valence-corrected chi connectivity index (χ2v) is 7.77. The number of hydrogen-bond donors (Lipinski definition) is 0. The smallest absolute Gasteiger partial charge is 0.227 e. The van der Waals surface area contributed by atoms with Crippen LogP contribution in [0.4, 0.5) is 0 Å². The van der Waals surface area contributed by atoms with E-state index < -0.39 is 26.0 Å². The first-order valence-electron chi connectivity index (χ1n) is 13.7. The van der Waals surface area contributed by atoms with E-state index in [0.29, 0.717) is 22.2 Å². The SMILES string of the molecule is [2H]C([2H])([2H])c1c[n+](C)c(-c2c(C)ccc3c2oc2nc(CC(C)(C([2H])([2H])[2H])C([2H])([2H])[2H])ccc23)cc1C. The van der Waals surface area contributed by atoms with Crippen LogP contribution in [-0.2, 0) is 13.5 Å². The lowest BCUT2D eigenvalue weighted by atomic mass is 9.90. The third kappa shape index (κ3) is 3.19. The van der Waals surface area contributed by atoms with E-state index in [4.69, 9.17) is 16.8 Å². The molecule has 0 bridgehead atoms. The predicted octanol–water partition coefficient (Wildman–Crippen LogP) is 5.99. The Labute approximate surface area is 179 Å². The Morgan fingerprint density at radius 2 is 1.86 bits per heavy atom. The minimum absolute atomic E-state index is 0.269. The molecule has 0 aliphatic carbocycles. The van der Waals surface area contributed by atoms with Crippen LogP contribution in [-0.4, -0.2) is 4.98 Å². The number of benzene rings is 1. The molecule has 3 heteroatoms. The van der Waals surface area contributed by atoms with Crippen molar-refractivity contribution < 1.29 is 21.3 Å². The summed E-state index contributed by atoms with van der Waals surface area (Å²) in [5, 5.41) is 1.50. The van der Waals surface area contributed by atoms with Gasteiger partial charge in [0.2, 0.25) is 11.4 Å². The van der Waals surface area contributed by atoms with Crippen LogP contribution in [0.5, 0.6) is 0 Å². The van der Waals surface area contributed by atoms with Gasteiger partial charge in [-0.25, -0.2) is 9.55 Å². The van der Waals surface area contributed by atoms with Crippen LogP contribution < -0.4 is 4.57 Å². The number of pyridine rings is 2. The molecule has 0 unspecified atom stereocenters. The van der Waals surface area contributed by atoms with Gasteiger partial charge in [-0.15, -0.1) is 0 Å². The van der Waals surface area contributed by atoms with Gasteiger partial charge in [-0.3, -0.25) is 0 Å². The highest BCUT2D eigenvalue weighted by atomic mass is 16.3. The molecule has 0 saturated carbocycles. The maximum absolute atomic E-state index is 7.86. The lowest BCUT2D eigenvalue weighted by Gasteiger charge is -2.16. The van der Waals surface area contributed by atoms with Crippen LogP contribution in [0.25, 0.3) is 33.3 Å². The monoisotopic (exact) mass is 382 g/mol. The Balaban J connectivity index is 1.90. The van der Waals surface area contributed by atoms with Crippen molar-refractivity contribution in [3.05, 3.63) is 58.9 Å². The van der Waals surface area contributed by atoms with E-state index in [2.05, 4.69) is 4.98 Å². The fourth-order valence-electron chi connectivity index (χ4n) is 3.63. The average Bonchev–Trinajstić information content (AvgIpc) is 3.10. The minimum Gasteiger partial charge on any atom is -0.437 e. The highest BCUT2D eigenvalue weighted by molar-refractivity contribution is 6.08. The summed E-state index contributed by atoms with van der Waals surface area (Å²) in [4.78, 5) is 4.53. The van der Waals surface area contributed by atoms with Gasteiger partial charge in [-0.2, -0.15) is 0 Å². The van der Waals surface area contributed by atoms with Crippen molar-refractivity contribution in [2.75, 3.05) is 0 Å². The van der Waals surface area contributed by atoms with Crippen LogP contribution in [0.2, 0.25) is 0 Å². The molecule has 3 aromatic heterocycles. The maximum Gasteiger partial charge on any atom is 0.227 e. The quantitative estimate of drug-likeness (QED) is 0.399. The standard InChI is InChI=1S/C25H29N2O/c1-15-8-10-19-20-11-9-18(13-25(4,5)6)26-24(20)28-23(19)22(15)21-12-16(2)17(3)14-27(21)7/h8-12,14H,13H2,1-7H3/q+1/i3D3,4D3,5D3. The van der Waals surface area contributed by atoms with Gasteiger partial charge in [-0.05, 0) is 55.8 Å². The number of aryl methyl sites for hydroxylation is 4. The van der Waals surface area contributed by atoms with Gasteiger partial charge < -0.3 is 4.42 Å². The Hall–Kier alpha value is -2.68. The molecule has 1 aromatic carbocycles. The molecule has 28 heavy (non-hydrogen) atoms. The number of furan rings is 1. The van der Waals surface area contributed by atoms with Gasteiger partial charge in [0.25, 0.3) is 0 Å². The first-order valence-corrected chi connectivity index (χ1v) is 9.18. The van der Waals surface area contributed by atoms with Crippen molar-refractivity contribution >= 4 is 22.1 Å². The van der Waals surface area contributed by atoms with Crippen LogP contribution in [0.1, 0.15) is 55.3 Å². The molecule has 3 heterocycles. The molecule has 0 fully saturated rings. The lowest BCUT2D eigenvalue weighted by molar-refractivity contribution is -0.660. The number of nitrogens with zero attached hydrogens (tertiary/aromatic N) is 2. The van der Waals surface area contributed by atoms with Crippen molar-refractivity contribution in [3.63, 3.8) is 0 Å². The molecule has 144 valence electrons. The average molecular weight is 383 g/mol. The number of aromatic nitrogens is 2. The van der Waals surface area contributed by atoms with Crippen molar-refractivity contribution in [3.8, 4) is 11.3 Å². The summed E-state index contributed by atoms with van der Waals surface area (Å²) in [6.07, 6.45) is 1.34. The molecule has 0 aliphatic heterocycles. The molecule has 0 radical (unpaired) electrons. The summed E-state index contributed by atoms with van der Waals surface area (Å²) in [6.45, 7) is -2.74. The first kappa shape index (κ1) is 10.8. The zero-order valence-corrected chi connectivity index (χ0v) is 16.5. The van der Waals surface area contributed by atoms with Crippen molar-refractivity contribution in [2.24, 2.45) is 12.5 Å². The molecule has 0 aliphatic rings. The van der Waals surface area contributed by atoms with Crippen LogP contribution in [0.3, 0.4) is 0 Å². The number of hydrogen-bond acceptors (Lipinski definition) is 2. The summed E-state index contributed by atoms with van der Waals surface area (Å²) in [7, 11) is 1.78. The Kier molecular flexibility index (Phi) is 2.47. The van der Waals surface area contributed by atoms with E-state index in [1.807, 2.05) is 25.1 Å². The van der Waals surface area contributed by atoms with Crippen molar-refractivity contribution in [2.45, 2.75) is 47.7 Å². The fourth-order valence-corrected chi connectivity index (χ4v) is 3.63. The lowest BCUT2D eigenvalue weighted by Crippen LogP contribution is -2.31. The summed E-state index contributed by atoms with van der Waals surface area (Å²) >= 11 is 0. The van der Waals surface area contributed by atoms with Crippen LogP contribution in [0, 0.1) is 26.1 Å². The van der Waals surface area contributed by atoms with Gasteiger partial charge in [0.15, 0.2) is 11.8 Å². The second-order valence-electron chi connectivity index (χ2n) is 7.77. The fraction of sp³-hybridized carbons (Fsp3) is 0.360. The third-order valence-corrected chi connectivity index (χ3v) is 5.04. The highest BCUT2D eigenvalue weighted by Crippen LogP contribution is 2.37. The number of rotatable bonds is 2. The topological polar surface area (TPSA) is 29.9 Å². The highest BCUT2D eigenvalue weighted by Gasteiger charge is 2.22. The van der Waals surface area contributed by atoms with Crippen LogP contribution in [0.15, 0.2) is 40.9 Å². The van der Waals surface area contributed by atoms with Crippen LogP contribution >= 0.6 is 0 Å². The molecule has 0 saturated heterocycles.